The average molecular weight is 249 g/mol. The number of ether oxygens (including phenoxy) is 1. The molecule has 18 heavy (non-hydrogen) atoms. The Hall–Kier alpha value is -1.75. The van der Waals surface area contributed by atoms with Crippen molar-refractivity contribution < 1.29 is 9.15 Å². The van der Waals surface area contributed by atoms with Gasteiger partial charge in [0.25, 0.3) is 0 Å². The predicted molar refractivity (Wildman–Crippen MR) is 68.6 cm³/mol. The molecule has 2 aromatic heterocycles. The van der Waals surface area contributed by atoms with Gasteiger partial charge >= 0.3 is 0 Å². The second-order valence-electron chi connectivity index (χ2n) is 4.12. The lowest BCUT2D eigenvalue weighted by molar-refractivity contribution is 0.385. The minimum absolute atomic E-state index is 0.0394. The number of nitrogens with zero attached hydrogens (tertiary/aromatic N) is 2. The maximum atomic E-state index is 5.51. The number of nitrogens with one attached hydrogen (secondary N) is 1. The largest absolute Gasteiger partial charge is 0.493 e. The van der Waals surface area contributed by atoms with E-state index in [1.807, 2.05) is 23.9 Å². The zero-order valence-corrected chi connectivity index (χ0v) is 11.0. The van der Waals surface area contributed by atoms with Crippen LogP contribution in [0.4, 0.5) is 0 Å². The van der Waals surface area contributed by atoms with Crippen LogP contribution in [-0.2, 0) is 7.05 Å². The molecule has 0 aromatic carbocycles. The van der Waals surface area contributed by atoms with Crippen LogP contribution < -0.4 is 10.1 Å². The molecule has 0 spiro atoms. The monoisotopic (exact) mass is 249 g/mol. The van der Waals surface area contributed by atoms with E-state index in [1.54, 1.807) is 19.6 Å². The molecule has 1 unspecified atom stereocenters. The van der Waals surface area contributed by atoms with E-state index in [2.05, 4.69) is 17.3 Å². The van der Waals surface area contributed by atoms with Crippen LogP contribution in [0.1, 0.15) is 30.8 Å². The van der Waals surface area contributed by atoms with Gasteiger partial charge in [0, 0.05) is 7.05 Å². The highest BCUT2D eigenvalue weighted by molar-refractivity contribution is 5.33. The van der Waals surface area contributed by atoms with Crippen molar-refractivity contribution in [3.8, 4) is 5.75 Å². The predicted octanol–water partition coefficient (Wildman–Crippen LogP) is 2.11. The highest BCUT2D eigenvalue weighted by Crippen LogP contribution is 2.29. The summed E-state index contributed by atoms with van der Waals surface area (Å²) in [4.78, 5) is 0. The van der Waals surface area contributed by atoms with Gasteiger partial charge in [-0.25, -0.2) is 0 Å². The average Bonchev–Trinajstić information content (AvgIpc) is 3.01. The summed E-state index contributed by atoms with van der Waals surface area (Å²) < 4.78 is 12.7. The molecular weight excluding hydrogens is 230 g/mol. The molecule has 2 aromatic rings. The molecule has 0 radical (unpaired) electrons. The Kier molecular flexibility index (Phi) is 4.04. The molecule has 0 aliphatic rings. The first-order valence-electron chi connectivity index (χ1n) is 6.10. The van der Waals surface area contributed by atoms with E-state index in [4.69, 9.17) is 9.15 Å². The summed E-state index contributed by atoms with van der Waals surface area (Å²) in [6.07, 6.45) is 4.45. The first-order chi connectivity index (χ1) is 8.77. The summed E-state index contributed by atoms with van der Waals surface area (Å²) in [5.74, 6) is 1.63. The fraction of sp³-hybridized carbons (Fsp3) is 0.462. The lowest BCUT2D eigenvalue weighted by atomic mass is 10.1. The summed E-state index contributed by atoms with van der Waals surface area (Å²) in [5, 5.41) is 7.69. The molecule has 0 amide bonds. The quantitative estimate of drug-likeness (QED) is 0.852. The molecule has 0 aliphatic heterocycles. The van der Waals surface area contributed by atoms with E-state index >= 15 is 0 Å². The second-order valence-corrected chi connectivity index (χ2v) is 4.12. The van der Waals surface area contributed by atoms with Crippen LogP contribution in [0.15, 0.2) is 29.0 Å². The van der Waals surface area contributed by atoms with Crippen LogP contribution >= 0.6 is 0 Å². The van der Waals surface area contributed by atoms with Crippen molar-refractivity contribution >= 4 is 0 Å². The topological polar surface area (TPSA) is 52.2 Å². The third-order valence-electron chi connectivity index (χ3n) is 2.87. The van der Waals surface area contributed by atoms with E-state index in [9.17, 15) is 0 Å². The van der Waals surface area contributed by atoms with Gasteiger partial charge in [0.15, 0.2) is 5.75 Å². The SMILES string of the molecule is CCCNC(c1ccco1)c1c(OC)cnn1C. The molecule has 0 saturated heterocycles. The minimum atomic E-state index is -0.0394. The number of hydrogen-bond donors (Lipinski definition) is 1. The van der Waals surface area contributed by atoms with Gasteiger partial charge in [-0.3, -0.25) is 4.68 Å². The van der Waals surface area contributed by atoms with Gasteiger partial charge in [-0.15, -0.1) is 0 Å². The summed E-state index contributed by atoms with van der Waals surface area (Å²) in [7, 11) is 3.56. The maximum Gasteiger partial charge on any atom is 0.162 e. The lowest BCUT2D eigenvalue weighted by Gasteiger charge is -2.17. The Balaban J connectivity index is 2.36. The lowest BCUT2D eigenvalue weighted by Crippen LogP contribution is -2.25. The van der Waals surface area contributed by atoms with Crippen LogP contribution in [-0.4, -0.2) is 23.4 Å². The van der Waals surface area contributed by atoms with E-state index in [0.717, 1.165) is 30.2 Å². The van der Waals surface area contributed by atoms with Gasteiger partial charge in [0.2, 0.25) is 0 Å². The number of rotatable bonds is 6. The number of aryl methyl sites for hydroxylation is 1. The molecule has 2 heterocycles. The smallest absolute Gasteiger partial charge is 0.162 e. The van der Waals surface area contributed by atoms with Gasteiger partial charge in [-0.2, -0.15) is 5.10 Å². The Bertz CT molecular complexity index is 476. The van der Waals surface area contributed by atoms with Gasteiger partial charge in [0.05, 0.1) is 19.6 Å². The van der Waals surface area contributed by atoms with Gasteiger partial charge in [0.1, 0.15) is 17.5 Å². The van der Waals surface area contributed by atoms with Crippen LogP contribution in [0.25, 0.3) is 0 Å². The third kappa shape index (κ3) is 2.41. The second kappa shape index (κ2) is 5.73. The molecule has 5 heteroatoms. The van der Waals surface area contributed by atoms with Crippen molar-refractivity contribution in [3.63, 3.8) is 0 Å². The van der Waals surface area contributed by atoms with Crippen molar-refractivity contribution in [1.29, 1.82) is 0 Å². The summed E-state index contributed by atoms with van der Waals surface area (Å²) in [5.41, 5.74) is 0.973. The molecular formula is C13H19N3O2. The van der Waals surface area contributed by atoms with E-state index < -0.39 is 0 Å². The fourth-order valence-corrected chi connectivity index (χ4v) is 1.99. The third-order valence-corrected chi connectivity index (χ3v) is 2.87. The van der Waals surface area contributed by atoms with Crippen LogP contribution in [0.5, 0.6) is 5.75 Å². The molecule has 5 nitrogen and oxygen atoms in total. The molecule has 1 N–H and O–H groups in total. The first-order valence-corrected chi connectivity index (χ1v) is 6.10. The van der Waals surface area contributed by atoms with E-state index in [-0.39, 0.29) is 6.04 Å². The number of aromatic nitrogens is 2. The standard InChI is InChI=1S/C13H19N3O2/c1-4-7-14-12(10-6-5-8-18-10)13-11(17-3)9-15-16(13)2/h5-6,8-9,12,14H,4,7H2,1-3H3. The zero-order valence-electron chi connectivity index (χ0n) is 11.0. The maximum absolute atomic E-state index is 5.51. The highest BCUT2D eigenvalue weighted by Gasteiger charge is 2.23. The Morgan fingerprint density at radius 1 is 1.56 bits per heavy atom. The minimum Gasteiger partial charge on any atom is -0.493 e. The van der Waals surface area contributed by atoms with Gasteiger partial charge in [-0.1, -0.05) is 6.92 Å². The number of methoxy groups -OCH3 is 1. The van der Waals surface area contributed by atoms with Crippen molar-refractivity contribution in [1.82, 2.24) is 15.1 Å². The normalized spacial score (nSPS) is 12.6. The first kappa shape index (κ1) is 12.7. The Morgan fingerprint density at radius 2 is 2.39 bits per heavy atom. The van der Waals surface area contributed by atoms with Gasteiger partial charge in [-0.05, 0) is 25.1 Å². The van der Waals surface area contributed by atoms with Gasteiger partial charge < -0.3 is 14.5 Å². The van der Waals surface area contributed by atoms with E-state index in [1.165, 1.54) is 0 Å². The number of hydrogen-bond acceptors (Lipinski definition) is 4. The summed E-state index contributed by atoms with van der Waals surface area (Å²) in [6.45, 7) is 3.03. The molecule has 0 fully saturated rings. The number of furan rings is 1. The summed E-state index contributed by atoms with van der Waals surface area (Å²) >= 11 is 0. The van der Waals surface area contributed by atoms with Crippen LogP contribution in [0.2, 0.25) is 0 Å². The zero-order chi connectivity index (χ0) is 13.0. The van der Waals surface area contributed by atoms with Crippen molar-refractivity contribution in [2.24, 2.45) is 7.05 Å². The molecule has 2 rings (SSSR count). The molecule has 1 atom stereocenters. The van der Waals surface area contributed by atoms with Crippen LogP contribution in [0, 0.1) is 0 Å². The molecule has 98 valence electrons. The Labute approximate surface area is 107 Å². The van der Waals surface area contributed by atoms with E-state index in [0.29, 0.717) is 0 Å². The van der Waals surface area contributed by atoms with Crippen molar-refractivity contribution in [2.45, 2.75) is 19.4 Å². The van der Waals surface area contributed by atoms with Crippen LogP contribution in [0.3, 0.4) is 0 Å². The molecule has 0 aliphatic carbocycles. The molecule has 0 bridgehead atoms. The van der Waals surface area contributed by atoms with Crippen molar-refractivity contribution in [3.05, 3.63) is 36.0 Å². The van der Waals surface area contributed by atoms with Crippen molar-refractivity contribution in [2.75, 3.05) is 13.7 Å². The summed E-state index contributed by atoms with van der Waals surface area (Å²) in [6, 6.07) is 3.81. The Morgan fingerprint density at radius 3 is 3.00 bits per heavy atom. The molecule has 0 saturated carbocycles. The fourth-order valence-electron chi connectivity index (χ4n) is 1.99. The highest BCUT2D eigenvalue weighted by atomic mass is 16.5.